The van der Waals surface area contributed by atoms with Gasteiger partial charge in [-0.25, -0.2) is 0 Å². The maximum absolute atomic E-state index is 12.2. The van der Waals surface area contributed by atoms with Crippen molar-refractivity contribution in [3.63, 3.8) is 0 Å². The SMILES string of the molecule is CC.Cc1cccc(CN2C(=O)c3ccccc3C2=O)c1. The summed E-state index contributed by atoms with van der Waals surface area (Å²) in [6, 6.07) is 14.8. The molecule has 1 aliphatic heterocycles. The van der Waals surface area contributed by atoms with E-state index >= 15 is 0 Å². The first-order valence-electron chi connectivity index (χ1n) is 7.17. The quantitative estimate of drug-likeness (QED) is 0.785. The van der Waals surface area contributed by atoms with E-state index < -0.39 is 0 Å². The van der Waals surface area contributed by atoms with Gasteiger partial charge in [0.15, 0.2) is 0 Å². The Labute approximate surface area is 125 Å². The molecule has 0 atom stereocenters. The lowest BCUT2D eigenvalue weighted by atomic mass is 10.1. The Balaban J connectivity index is 0.000000774. The number of imide groups is 1. The standard InChI is InChI=1S/C16H13NO2.C2H6/c1-11-5-4-6-12(9-11)10-17-15(18)13-7-2-3-8-14(13)16(17)19;1-2/h2-9H,10H2,1H3;1-2H3. The van der Waals surface area contributed by atoms with Gasteiger partial charge in [0.1, 0.15) is 0 Å². The molecule has 108 valence electrons. The molecule has 0 bridgehead atoms. The molecule has 0 fully saturated rings. The predicted molar refractivity (Wildman–Crippen MR) is 83.2 cm³/mol. The summed E-state index contributed by atoms with van der Waals surface area (Å²) in [6.45, 7) is 6.32. The van der Waals surface area contributed by atoms with Crippen molar-refractivity contribution >= 4 is 11.8 Å². The van der Waals surface area contributed by atoms with E-state index in [4.69, 9.17) is 0 Å². The lowest BCUT2D eigenvalue weighted by Crippen LogP contribution is -2.29. The first-order valence-corrected chi connectivity index (χ1v) is 7.17. The van der Waals surface area contributed by atoms with Crippen LogP contribution in [0.2, 0.25) is 0 Å². The van der Waals surface area contributed by atoms with Gasteiger partial charge in [0.2, 0.25) is 0 Å². The van der Waals surface area contributed by atoms with Crippen LogP contribution in [0.15, 0.2) is 48.5 Å². The number of hydrogen-bond acceptors (Lipinski definition) is 2. The molecule has 21 heavy (non-hydrogen) atoms. The third-order valence-electron chi connectivity index (χ3n) is 3.30. The highest BCUT2D eigenvalue weighted by Crippen LogP contribution is 2.24. The fourth-order valence-corrected chi connectivity index (χ4v) is 2.38. The number of aryl methyl sites for hydroxylation is 1. The summed E-state index contributed by atoms with van der Waals surface area (Å²) in [5, 5.41) is 0. The van der Waals surface area contributed by atoms with Crippen LogP contribution in [0.4, 0.5) is 0 Å². The molecule has 1 aliphatic rings. The fourth-order valence-electron chi connectivity index (χ4n) is 2.38. The molecule has 0 radical (unpaired) electrons. The molecule has 0 saturated heterocycles. The summed E-state index contributed by atoms with van der Waals surface area (Å²) in [7, 11) is 0. The van der Waals surface area contributed by atoms with Crippen molar-refractivity contribution < 1.29 is 9.59 Å². The van der Waals surface area contributed by atoms with E-state index in [1.54, 1.807) is 24.3 Å². The highest BCUT2D eigenvalue weighted by Gasteiger charge is 2.34. The zero-order chi connectivity index (χ0) is 15.4. The Morgan fingerprint density at radius 3 is 1.95 bits per heavy atom. The highest BCUT2D eigenvalue weighted by atomic mass is 16.2. The van der Waals surface area contributed by atoms with Crippen molar-refractivity contribution in [3.05, 3.63) is 70.8 Å². The van der Waals surface area contributed by atoms with Gasteiger partial charge in [0, 0.05) is 0 Å². The Bertz CT molecular complexity index is 641. The van der Waals surface area contributed by atoms with Crippen LogP contribution in [0, 0.1) is 6.92 Å². The van der Waals surface area contributed by atoms with Crippen molar-refractivity contribution in [2.75, 3.05) is 0 Å². The molecule has 3 rings (SSSR count). The molecule has 1 heterocycles. The molecule has 0 saturated carbocycles. The van der Waals surface area contributed by atoms with Gasteiger partial charge in [-0.05, 0) is 24.6 Å². The minimum atomic E-state index is -0.206. The molecule has 0 N–H and O–H groups in total. The third kappa shape index (κ3) is 2.87. The Morgan fingerprint density at radius 1 is 0.857 bits per heavy atom. The predicted octanol–water partition coefficient (Wildman–Crippen LogP) is 3.82. The van der Waals surface area contributed by atoms with Crippen LogP contribution >= 0.6 is 0 Å². The molecular weight excluding hydrogens is 262 g/mol. The number of benzene rings is 2. The van der Waals surface area contributed by atoms with Gasteiger partial charge in [-0.2, -0.15) is 0 Å². The first-order chi connectivity index (χ1) is 10.2. The van der Waals surface area contributed by atoms with Crippen LogP contribution in [0.3, 0.4) is 0 Å². The number of amides is 2. The summed E-state index contributed by atoms with van der Waals surface area (Å²) in [5.74, 6) is -0.413. The van der Waals surface area contributed by atoms with Crippen LogP contribution in [0.1, 0.15) is 45.7 Å². The second-order valence-corrected chi connectivity index (χ2v) is 4.73. The summed E-state index contributed by atoms with van der Waals surface area (Å²) in [6.07, 6.45) is 0. The van der Waals surface area contributed by atoms with Gasteiger partial charge in [-0.15, -0.1) is 0 Å². The fraction of sp³-hybridized carbons (Fsp3) is 0.222. The van der Waals surface area contributed by atoms with Gasteiger partial charge in [-0.1, -0.05) is 55.8 Å². The lowest BCUT2D eigenvalue weighted by Gasteiger charge is -2.14. The van der Waals surface area contributed by atoms with E-state index in [0.717, 1.165) is 11.1 Å². The second kappa shape index (κ2) is 6.35. The molecule has 0 aromatic heterocycles. The number of carbonyl (C=O) groups is 2. The lowest BCUT2D eigenvalue weighted by molar-refractivity contribution is 0.0642. The number of rotatable bonds is 2. The zero-order valence-corrected chi connectivity index (χ0v) is 12.6. The summed E-state index contributed by atoms with van der Waals surface area (Å²) in [5.41, 5.74) is 3.09. The molecule has 2 aromatic rings. The Kier molecular flexibility index (Phi) is 4.53. The van der Waals surface area contributed by atoms with Gasteiger partial charge >= 0.3 is 0 Å². The van der Waals surface area contributed by atoms with E-state index in [9.17, 15) is 9.59 Å². The Morgan fingerprint density at radius 2 is 1.43 bits per heavy atom. The number of fused-ring (bicyclic) bond motifs is 1. The normalized spacial score (nSPS) is 12.8. The van der Waals surface area contributed by atoms with Gasteiger partial charge in [0.05, 0.1) is 17.7 Å². The average Bonchev–Trinajstić information content (AvgIpc) is 2.75. The van der Waals surface area contributed by atoms with Crippen LogP contribution in [0.5, 0.6) is 0 Å². The number of carbonyl (C=O) groups excluding carboxylic acids is 2. The Hall–Kier alpha value is -2.42. The third-order valence-corrected chi connectivity index (χ3v) is 3.30. The van der Waals surface area contributed by atoms with Crippen LogP contribution in [-0.2, 0) is 6.54 Å². The van der Waals surface area contributed by atoms with Crippen LogP contribution in [0.25, 0.3) is 0 Å². The topological polar surface area (TPSA) is 37.4 Å². The zero-order valence-electron chi connectivity index (χ0n) is 12.6. The first kappa shape index (κ1) is 15.0. The van der Waals surface area contributed by atoms with E-state index in [1.807, 2.05) is 45.0 Å². The smallest absolute Gasteiger partial charge is 0.261 e. The average molecular weight is 281 g/mol. The highest BCUT2D eigenvalue weighted by molar-refractivity contribution is 6.21. The molecule has 2 aromatic carbocycles. The van der Waals surface area contributed by atoms with E-state index in [-0.39, 0.29) is 11.8 Å². The molecule has 0 spiro atoms. The molecular formula is C18H19NO2. The summed E-state index contributed by atoms with van der Waals surface area (Å²) < 4.78 is 0. The maximum atomic E-state index is 12.2. The maximum Gasteiger partial charge on any atom is 0.261 e. The van der Waals surface area contributed by atoms with Crippen molar-refractivity contribution in [3.8, 4) is 0 Å². The van der Waals surface area contributed by atoms with Crippen molar-refractivity contribution in [1.82, 2.24) is 4.90 Å². The largest absolute Gasteiger partial charge is 0.270 e. The molecule has 2 amide bonds. The summed E-state index contributed by atoms with van der Waals surface area (Å²) in [4.78, 5) is 25.7. The second-order valence-electron chi connectivity index (χ2n) is 4.73. The minimum Gasteiger partial charge on any atom is -0.270 e. The molecule has 3 nitrogen and oxygen atoms in total. The molecule has 0 unspecified atom stereocenters. The molecule has 0 aliphatic carbocycles. The number of hydrogen-bond donors (Lipinski definition) is 0. The van der Waals surface area contributed by atoms with Crippen LogP contribution < -0.4 is 0 Å². The minimum absolute atomic E-state index is 0.206. The van der Waals surface area contributed by atoms with Crippen molar-refractivity contribution in [1.29, 1.82) is 0 Å². The van der Waals surface area contributed by atoms with E-state index in [2.05, 4.69) is 0 Å². The van der Waals surface area contributed by atoms with Crippen LogP contribution in [-0.4, -0.2) is 16.7 Å². The summed E-state index contributed by atoms with van der Waals surface area (Å²) >= 11 is 0. The monoisotopic (exact) mass is 281 g/mol. The number of nitrogens with zero attached hydrogens (tertiary/aromatic N) is 1. The molecule has 3 heteroatoms. The van der Waals surface area contributed by atoms with Gasteiger partial charge in [-0.3, -0.25) is 14.5 Å². The van der Waals surface area contributed by atoms with Gasteiger partial charge < -0.3 is 0 Å². The van der Waals surface area contributed by atoms with Crippen molar-refractivity contribution in [2.45, 2.75) is 27.3 Å². The van der Waals surface area contributed by atoms with Crippen molar-refractivity contribution in [2.24, 2.45) is 0 Å². The van der Waals surface area contributed by atoms with Gasteiger partial charge in [0.25, 0.3) is 11.8 Å². The van der Waals surface area contributed by atoms with E-state index in [1.165, 1.54) is 4.90 Å². The van der Waals surface area contributed by atoms with E-state index in [0.29, 0.717) is 17.7 Å².